The molecule has 1 aromatic rings. The molecule has 0 amide bonds. The van der Waals surface area contributed by atoms with E-state index in [1.165, 1.54) is 31.7 Å². The summed E-state index contributed by atoms with van der Waals surface area (Å²) in [6.07, 6.45) is 2.20. The molecule has 2 atom stereocenters. The van der Waals surface area contributed by atoms with Crippen molar-refractivity contribution < 1.29 is 17.6 Å². The number of nitrogens with one attached hydrogen (secondary N) is 1. The molecule has 1 aliphatic heterocycles. The zero-order valence-corrected chi connectivity index (χ0v) is 13.3. The van der Waals surface area contributed by atoms with Gasteiger partial charge in [0.15, 0.2) is 0 Å². The van der Waals surface area contributed by atoms with Crippen LogP contribution in [0.4, 0.5) is 17.6 Å². The summed E-state index contributed by atoms with van der Waals surface area (Å²) in [5.74, 6) is 0.820. The van der Waals surface area contributed by atoms with Crippen LogP contribution in [0.3, 0.4) is 0 Å². The number of rotatable bonds is 4. The van der Waals surface area contributed by atoms with E-state index < -0.39 is 17.6 Å². The predicted molar refractivity (Wildman–Crippen MR) is 81.6 cm³/mol. The van der Waals surface area contributed by atoms with Crippen molar-refractivity contribution in [3.05, 3.63) is 35.1 Å². The highest BCUT2D eigenvalue weighted by atomic mass is 19.4. The molecule has 0 aromatic heterocycles. The lowest BCUT2D eigenvalue weighted by atomic mass is 9.80. The van der Waals surface area contributed by atoms with Crippen molar-refractivity contribution in [1.82, 2.24) is 5.32 Å². The van der Waals surface area contributed by atoms with Crippen LogP contribution in [0.2, 0.25) is 0 Å². The molecule has 3 rings (SSSR count). The van der Waals surface area contributed by atoms with Gasteiger partial charge in [-0.1, -0.05) is 38.7 Å². The summed E-state index contributed by atoms with van der Waals surface area (Å²) < 4.78 is 51.5. The molecule has 128 valence electrons. The minimum atomic E-state index is -4.49. The molecule has 2 unspecified atom stereocenters. The van der Waals surface area contributed by atoms with E-state index in [1.807, 2.05) is 0 Å². The molecule has 0 bridgehead atoms. The minimum Gasteiger partial charge on any atom is -0.308 e. The van der Waals surface area contributed by atoms with Crippen LogP contribution >= 0.6 is 0 Å². The molecule has 1 saturated carbocycles. The van der Waals surface area contributed by atoms with Gasteiger partial charge in [0, 0.05) is 12.1 Å². The van der Waals surface area contributed by atoms with E-state index in [-0.39, 0.29) is 6.04 Å². The van der Waals surface area contributed by atoms with E-state index >= 15 is 0 Å². The maximum Gasteiger partial charge on any atom is 0.416 e. The minimum absolute atomic E-state index is 0.209. The highest BCUT2D eigenvalue weighted by Crippen LogP contribution is 2.35. The first-order valence-corrected chi connectivity index (χ1v) is 8.44. The van der Waals surface area contributed by atoms with Gasteiger partial charge in [0.05, 0.1) is 5.56 Å². The summed E-state index contributed by atoms with van der Waals surface area (Å²) in [5, 5.41) is 3.36. The van der Waals surface area contributed by atoms with Crippen molar-refractivity contribution >= 4 is 0 Å². The van der Waals surface area contributed by atoms with Crippen molar-refractivity contribution in [2.45, 2.75) is 63.7 Å². The Labute approximate surface area is 134 Å². The predicted octanol–water partition coefficient (Wildman–Crippen LogP) is 4.94. The average Bonchev–Trinajstić information content (AvgIpc) is 3.20. The number of alkyl halides is 3. The Morgan fingerprint density at radius 2 is 1.78 bits per heavy atom. The quantitative estimate of drug-likeness (QED) is 0.613. The largest absolute Gasteiger partial charge is 0.416 e. The molecule has 2 aliphatic rings. The number of hydrogen-bond acceptors (Lipinski definition) is 1. The normalized spacial score (nSPS) is 31.2. The third-order valence-corrected chi connectivity index (χ3v) is 5.35. The van der Waals surface area contributed by atoms with Crippen LogP contribution in [-0.2, 0) is 12.6 Å². The van der Waals surface area contributed by atoms with Crippen LogP contribution in [0.15, 0.2) is 18.2 Å². The number of halogens is 4. The summed E-state index contributed by atoms with van der Waals surface area (Å²) in [6.45, 7) is 2.29. The van der Waals surface area contributed by atoms with Gasteiger partial charge < -0.3 is 5.32 Å². The summed E-state index contributed by atoms with van der Waals surface area (Å²) in [6, 6.07) is 3.46. The molecular formula is C18H23F4N. The van der Waals surface area contributed by atoms with Gasteiger partial charge in [-0.15, -0.1) is 0 Å². The molecule has 1 N–H and O–H groups in total. The van der Waals surface area contributed by atoms with Crippen LogP contribution in [0.1, 0.15) is 50.2 Å². The maximum atomic E-state index is 13.9. The van der Waals surface area contributed by atoms with Crippen LogP contribution in [-0.4, -0.2) is 12.1 Å². The molecule has 1 heterocycles. The summed E-state index contributed by atoms with van der Waals surface area (Å²) in [4.78, 5) is 0. The average molecular weight is 329 g/mol. The van der Waals surface area contributed by atoms with Crippen molar-refractivity contribution in [1.29, 1.82) is 0 Å². The summed E-state index contributed by atoms with van der Waals surface area (Å²) in [7, 11) is 0. The standard InChI is InChI=1S/C18H23F4N/c1-11-2-4-12(5-3-11)8-16-17(23-16)9-13-6-7-14(10-15(13)19)18(20,21)22/h6-7,10-12,16-17,23H,2-5,8-9H2,1H3. The van der Waals surface area contributed by atoms with Crippen molar-refractivity contribution in [2.75, 3.05) is 0 Å². The van der Waals surface area contributed by atoms with E-state index in [9.17, 15) is 17.6 Å². The molecule has 23 heavy (non-hydrogen) atoms. The van der Waals surface area contributed by atoms with E-state index in [4.69, 9.17) is 0 Å². The molecule has 0 radical (unpaired) electrons. The van der Waals surface area contributed by atoms with Gasteiger partial charge in [0.2, 0.25) is 0 Å². The number of benzene rings is 1. The zero-order valence-electron chi connectivity index (χ0n) is 13.3. The molecule has 1 aliphatic carbocycles. The van der Waals surface area contributed by atoms with Crippen LogP contribution < -0.4 is 5.32 Å². The highest BCUT2D eigenvalue weighted by molar-refractivity contribution is 5.28. The third kappa shape index (κ3) is 4.25. The van der Waals surface area contributed by atoms with Gasteiger partial charge >= 0.3 is 6.18 Å². The molecule has 2 fully saturated rings. The number of hydrogen-bond donors (Lipinski definition) is 1. The van der Waals surface area contributed by atoms with Gasteiger partial charge in [0.25, 0.3) is 0 Å². The maximum absolute atomic E-state index is 13.9. The Morgan fingerprint density at radius 3 is 2.39 bits per heavy atom. The van der Waals surface area contributed by atoms with E-state index in [0.29, 0.717) is 24.1 Å². The van der Waals surface area contributed by atoms with Gasteiger partial charge in [-0.25, -0.2) is 4.39 Å². The summed E-state index contributed by atoms with van der Waals surface area (Å²) in [5.41, 5.74) is -0.550. The Bertz CT molecular complexity index is 546. The van der Waals surface area contributed by atoms with E-state index in [0.717, 1.165) is 24.3 Å². The van der Waals surface area contributed by atoms with Gasteiger partial charge in [-0.3, -0.25) is 0 Å². The third-order valence-electron chi connectivity index (χ3n) is 5.35. The highest BCUT2D eigenvalue weighted by Gasteiger charge is 2.39. The van der Waals surface area contributed by atoms with Gasteiger partial charge in [-0.05, 0) is 42.4 Å². The first kappa shape index (κ1) is 16.7. The fourth-order valence-corrected chi connectivity index (χ4v) is 3.70. The molecule has 5 heteroatoms. The Balaban J connectivity index is 1.51. The van der Waals surface area contributed by atoms with E-state index in [2.05, 4.69) is 12.2 Å². The van der Waals surface area contributed by atoms with Crippen molar-refractivity contribution in [3.8, 4) is 0 Å². The lowest BCUT2D eigenvalue weighted by Gasteiger charge is -2.25. The monoisotopic (exact) mass is 329 g/mol. The lowest BCUT2D eigenvalue weighted by molar-refractivity contribution is -0.137. The molecule has 1 nitrogen and oxygen atoms in total. The summed E-state index contributed by atoms with van der Waals surface area (Å²) >= 11 is 0. The topological polar surface area (TPSA) is 21.9 Å². The Kier molecular flexibility index (Phi) is 4.68. The van der Waals surface area contributed by atoms with Crippen molar-refractivity contribution in [2.24, 2.45) is 11.8 Å². The first-order chi connectivity index (χ1) is 10.8. The van der Waals surface area contributed by atoms with Crippen LogP contribution in [0, 0.1) is 17.7 Å². The molecular weight excluding hydrogens is 306 g/mol. The molecule has 1 saturated heterocycles. The lowest BCUT2D eigenvalue weighted by Crippen LogP contribution is -2.15. The fraction of sp³-hybridized carbons (Fsp3) is 0.667. The SMILES string of the molecule is CC1CCC(CC2NC2Cc2ccc(C(F)(F)F)cc2F)CC1. The zero-order chi connectivity index (χ0) is 16.6. The first-order valence-electron chi connectivity index (χ1n) is 8.44. The van der Waals surface area contributed by atoms with Crippen LogP contribution in [0.25, 0.3) is 0 Å². The van der Waals surface area contributed by atoms with Crippen molar-refractivity contribution in [3.63, 3.8) is 0 Å². The van der Waals surface area contributed by atoms with Gasteiger partial charge in [0.1, 0.15) is 5.82 Å². The fourth-order valence-electron chi connectivity index (χ4n) is 3.70. The Morgan fingerprint density at radius 1 is 1.09 bits per heavy atom. The second-order valence-electron chi connectivity index (χ2n) is 7.25. The van der Waals surface area contributed by atoms with Gasteiger partial charge in [-0.2, -0.15) is 13.2 Å². The van der Waals surface area contributed by atoms with Crippen LogP contribution in [0.5, 0.6) is 0 Å². The second-order valence-corrected chi connectivity index (χ2v) is 7.25. The Hall–Kier alpha value is -1.10. The molecule has 0 spiro atoms. The smallest absolute Gasteiger partial charge is 0.308 e. The second kappa shape index (κ2) is 6.42. The molecule has 1 aromatic carbocycles. The van der Waals surface area contributed by atoms with E-state index in [1.54, 1.807) is 0 Å².